The van der Waals surface area contributed by atoms with Gasteiger partial charge in [-0.05, 0) is 81.5 Å². The van der Waals surface area contributed by atoms with Crippen molar-refractivity contribution in [3.63, 3.8) is 0 Å². The number of aryl methyl sites for hydroxylation is 1. The van der Waals surface area contributed by atoms with Gasteiger partial charge in [0.2, 0.25) is 0 Å². The maximum atomic E-state index is 4.19. The quantitative estimate of drug-likeness (QED) is 0.576. The minimum atomic E-state index is 0.975. The van der Waals surface area contributed by atoms with Crippen LogP contribution in [0.5, 0.6) is 0 Å². The van der Waals surface area contributed by atoms with E-state index in [9.17, 15) is 0 Å². The smallest absolute Gasteiger partial charge is 0.0266 e. The minimum absolute atomic E-state index is 0.975. The zero-order valence-corrected chi connectivity index (χ0v) is 11.8. The van der Waals surface area contributed by atoms with Crippen LogP contribution >= 0.6 is 57.8 Å². The average molecular weight is 404 g/mol. The lowest BCUT2D eigenvalue weighted by Crippen LogP contribution is -1.88. The second-order valence-electron chi connectivity index (χ2n) is 2.58. The molecular formula is C9H10I2S. The van der Waals surface area contributed by atoms with Crippen molar-refractivity contribution in [2.24, 2.45) is 0 Å². The number of rotatable bonds is 3. The second kappa shape index (κ2) is 5.70. The maximum Gasteiger partial charge on any atom is 0.0266 e. The summed E-state index contributed by atoms with van der Waals surface area (Å²) >= 11 is 8.92. The monoisotopic (exact) mass is 404 g/mol. The molecule has 1 aromatic carbocycles. The normalized spacial score (nSPS) is 10.2. The van der Waals surface area contributed by atoms with Crippen LogP contribution in [-0.2, 0) is 6.42 Å². The summed E-state index contributed by atoms with van der Waals surface area (Å²) in [6.45, 7) is 0. The molecule has 12 heavy (non-hydrogen) atoms. The van der Waals surface area contributed by atoms with E-state index in [0.717, 1.165) is 12.2 Å². The largest absolute Gasteiger partial charge is 0.179 e. The van der Waals surface area contributed by atoms with Gasteiger partial charge in [-0.25, -0.2) is 0 Å². The van der Waals surface area contributed by atoms with E-state index in [4.69, 9.17) is 0 Å². The third-order valence-corrected chi connectivity index (χ3v) is 4.79. The number of benzene rings is 1. The van der Waals surface area contributed by atoms with Crippen LogP contribution in [0.1, 0.15) is 12.0 Å². The van der Waals surface area contributed by atoms with E-state index in [1.54, 1.807) is 0 Å². The van der Waals surface area contributed by atoms with Gasteiger partial charge in [-0.2, -0.15) is 12.6 Å². The Balaban J connectivity index is 2.69. The molecule has 0 saturated heterocycles. The molecule has 0 spiro atoms. The van der Waals surface area contributed by atoms with Gasteiger partial charge < -0.3 is 0 Å². The Bertz CT molecular complexity index is 261. The first kappa shape index (κ1) is 11.1. The molecule has 0 bridgehead atoms. The molecule has 0 aliphatic rings. The fourth-order valence-corrected chi connectivity index (χ4v) is 2.05. The fraction of sp³-hybridized carbons (Fsp3) is 0.333. The molecule has 0 nitrogen and oxygen atoms in total. The number of thiol groups is 1. The molecule has 0 aromatic heterocycles. The highest BCUT2D eigenvalue weighted by atomic mass is 127. The summed E-state index contributed by atoms with van der Waals surface area (Å²) in [5.74, 6) is 0.975. The van der Waals surface area contributed by atoms with Crippen molar-refractivity contribution < 1.29 is 0 Å². The van der Waals surface area contributed by atoms with E-state index < -0.39 is 0 Å². The summed E-state index contributed by atoms with van der Waals surface area (Å²) in [6.07, 6.45) is 2.32. The van der Waals surface area contributed by atoms with Gasteiger partial charge in [0.15, 0.2) is 0 Å². The Labute approximate surface area is 106 Å². The van der Waals surface area contributed by atoms with Gasteiger partial charge in [0.25, 0.3) is 0 Å². The molecule has 1 aromatic rings. The lowest BCUT2D eigenvalue weighted by Gasteiger charge is -2.01. The Morgan fingerprint density at radius 2 is 1.92 bits per heavy atom. The van der Waals surface area contributed by atoms with Crippen LogP contribution in [0.4, 0.5) is 0 Å². The number of halogens is 2. The lowest BCUT2D eigenvalue weighted by molar-refractivity contribution is 0.934. The molecular weight excluding hydrogens is 394 g/mol. The first-order chi connectivity index (χ1) is 5.74. The molecule has 0 heterocycles. The zero-order valence-electron chi connectivity index (χ0n) is 6.56. The SMILES string of the molecule is SCCCc1ccc(I)c(I)c1. The Kier molecular flexibility index (Phi) is 5.27. The third-order valence-electron chi connectivity index (χ3n) is 1.61. The van der Waals surface area contributed by atoms with Crippen molar-refractivity contribution in [2.45, 2.75) is 12.8 Å². The van der Waals surface area contributed by atoms with Gasteiger partial charge >= 0.3 is 0 Å². The van der Waals surface area contributed by atoms with Gasteiger partial charge in [-0.1, -0.05) is 6.07 Å². The van der Waals surface area contributed by atoms with E-state index in [2.05, 4.69) is 76.0 Å². The molecule has 1 rings (SSSR count). The molecule has 0 unspecified atom stereocenters. The maximum absolute atomic E-state index is 4.19. The van der Waals surface area contributed by atoms with E-state index in [1.807, 2.05) is 0 Å². The molecule has 0 aliphatic heterocycles. The third kappa shape index (κ3) is 3.41. The highest BCUT2D eigenvalue weighted by Gasteiger charge is 1.97. The predicted octanol–water partition coefficient (Wildman–Crippen LogP) is 3.76. The predicted molar refractivity (Wildman–Crippen MR) is 74.1 cm³/mol. The van der Waals surface area contributed by atoms with Gasteiger partial charge in [-0.3, -0.25) is 0 Å². The summed E-state index contributed by atoms with van der Waals surface area (Å²) in [4.78, 5) is 0. The molecule has 0 atom stereocenters. The topological polar surface area (TPSA) is 0 Å². The van der Waals surface area contributed by atoms with Crippen LogP contribution in [0.2, 0.25) is 0 Å². The van der Waals surface area contributed by atoms with E-state index >= 15 is 0 Å². The average Bonchev–Trinajstić information content (AvgIpc) is 2.07. The second-order valence-corrected chi connectivity index (χ2v) is 5.35. The van der Waals surface area contributed by atoms with E-state index in [-0.39, 0.29) is 0 Å². The zero-order chi connectivity index (χ0) is 8.97. The standard InChI is InChI=1S/C9H10I2S/c10-8-4-3-7(2-1-5-12)6-9(8)11/h3-4,6,12H,1-2,5H2. The van der Waals surface area contributed by atoms with Crippen LogP contribution in [0, 0.1) is 7.14 Å². The van der Waals surface area contributed by atoms with Crippen molar-refractivity contribution in [1.29, 1.82) is 0 Å². The first-order valence-electron chi connectivity index (χ1n) is 3.79. The molecule has 0 amide bonds. The van der Waals surface area contributed by atoms with Crippen molar-refractivity contribution >= 4 is 57.8 Å². The highest BCUT2D eigenvalue weighted by molar-refractivity contribution is 14.1. The van der Waals surface area contributed by atoms with Crippen LogP contribution < -0.4 is 0 Å². The summed E-state index contributed by atoms with van der Waals surface area (Å²) in [5, 5.41) is 0. The molecule has 0 aliphatic carbocycles. The summed E-state index contributed by atoms with van der Waals surface area (Å²) in [5.41, 5.74) is 1.42. The molecule has 0 N–H and O–H groups in total. The summed E-state index contributed by atoms with van der Waals surface area (Å²) in [6, 6.07) is 6.63. The molecule has 0 radical (unpaired) electrons. The van der Waals surface area contributed by atoms with Crippen molar-refractivity contribution in [1.82, 2.24) is 0 Å². The minimum Gasteiger partial charge on any atom is -0.179 e. The van der Waals surface area contributed by atoms with Crippen LogP contribution in [-0.4, -0.2) is 5.75 Å². The Morgan fingerprint density at radius 1 is 1.17 bits per heavy atom. The molecule has 3 heteroatoms. The van der Waals surface area contributed by atoms with Gasteiger partial charge in [0.05, 0.1) is 0 Å². The lowest BCUT2D eigenvalue weighted by atomic mass is 10.1. The fourth-order valence-electron chi connectivity index (χ4n) is 0.978. The highest BCUT2D eigenvalue weighted by Crippen LogP contribution is 2.17. The summed E-state index contributed by atoms with van der Waals surface area (Å²) < 4.78 is 2.69. The number of hydrogen-bond donors (Lipinski definition) is 1. The van der Waals surface area contributed by atoms with E-state index in [1.165, 1.54) is 19.1 Å². The van der Waals surface area contributed by atoms with E-state index in [0.29, 0.717) is 0 Å². The van der Waals surface area contributed by atoms with Gasteiger partial charge in [-0.15, -0.1) is 0 Å². The van der Waals surface area contributed by atoms with Crippen LogP contribution in [0.3, 0.4) is 0 Å². The van der Waals surface area contributed by atoms with Crippen molar-refractivity contribution in [3.8, 4) is 0 Å². The van der Waals surface area contributed by atoms with Gasteiger partial charge in [0, 0.05) is 7.14 Å². The molecule has 0 saturated carbocycles. The number of hydrogen-bond acceptors (Lipinski definition) is 1. The molecule has 66 valence electrons. The van der Waals surface area contributed by atoms with Crippen molar-refractivity contribution in [3.05, 3.63) is 30.9 Å². The molecule has 0 fully saturated rings. The summed E-state index contributed by atoms with van der Waals surface area (Å²) in [7, 11) is 0. The van der Waals surface area contributed by atoms with Gasteiger partial charge in [0.1, 0.15) is 0 Å². The Morgan fingerprint density at radius 3 is 2.50 bits per heavy atom. The Hall–Kier alpha value is 1.03. The van der Waals surface area contributed by atoms with Crippen LogP contribution in [0.25, 0.3) is 0 Å². The van der Waals surface area contributed by atoms with Crippen LogP contribution in [0.15, 0.2) is 18.2 Å². The first-order valence-corrected chi connectivity index (χ1v) is 6.58. The van der Waals surface area contributed by atoms with Crippen molar-refractivity contribution in [2.75, 3.05) is 5.75 Å².